The van der Waals surface area contributed by atoms with Crippen LogP contribution < -0.4 is 0 Å². The molecular formula is C16H21N3O. The third-order valence-corrected chi connectivity index (χ3v) is 4.13. The number of ketones is 1. The van der Waals surface area contributed by atoms with E-state index in [1.807, 2.05) is 22.9 Å². The van der Waals surface area contributed by atoms with E-state index in [0.717, 1.165) is 11.4 Å². The maximum atomic E-state index is 11.5. The van der Waals surface area contributed by atoms with Crippen LogP contribution in [0.2, 0.25) is 0 Å². The molecule has 4 heteroatoms. The molecule has 2 aromatic heterocycles. The van der Waals surface area contributed by atoms with Crippen molar-refractivity contribution in [1.82, 2.24) is 14.3 Å². The number of carbonyl (C=O) groups excluding carboxylic acids is 1. The Morgan fingerprint density at radius 2 is 2.05 bits per heavy atom. The van der Waals surface area contributed by atoms with E-state index in [0.29, 0.717) is 12.6 Å². The fourth-order valence-corrected chi connectivity index (χ4v) is 3.06. The second kappa shape index (κ2) is 5.65. The Bertz CT molecular complexity index is 590. The molecule has 4 nitrogen and oxygen atoms in total. The van der Waals surface area contributed by atoms with Gasteiger partial charge in [0, 0.05) is 19.3 Å². The van der Waals surface area contributed by atoms with Crippen LogP contribution in [-0.4, -0.2) is 20.1 Å². The summed E-state index contributed by atoms with van der Waals surface area (Å²) in [6, 6.07) is 6.41. The minimum absolute atomic E-state index is 0.0988. The van der Waals surface area contributed by atoms with E-state index in [9.17, 15) is 4.79 Å². The van der Waals surface area contributed by atoms with Gasteiger partial charge in [-0.05, 0) is 31.0 Å². The topological polar surface area (TPSA) is 39.8 Å². The molecule has 0 N–H and O–H groups in total. The highest BCUT2D eigenvalue weighted by molar-refractivity contribution is 5.92. The van der Waals surface area contributed by atoms with Gasteiger partial charge in [0.25, 0.3) is 0 Å². The minimum Gasteiger partial charge on any atom is -0.339 e. The van der Waals surface area contributed by atoms with Gasteiger partial charge in [-0.25, -0.2) is 0 Å². The fraction of sp³-hybridized carbons (Fsp3) is 0.500. The first kappa shape index (κ1) is 13.2. The second-order valence-corrected chi connectivity index (χ2v) is 5.66. The molecule has 1 aliphatic rings. The van der Waals surface area contributed by atoms with Crippen LogP contribution in [0.5, 0.6) is 0 Å². The van der Waals surface area contributed by atoms with E-state index in [2.05, 4.69) is 16.9 Å². The molecule has 0 unspecified atom stereocenters. The van der Waals surface area contributed by atoms with Crippen LogP contribution in [0, 0.1) is 0 Å². The fourth-order valence-electron chi connectivity index (χ4n) is 3.06. The van der Waals surface area contributed by atoms with E-state index in [1.54, 1.807) is 6.92 Å². The lowest BCUT2D eigenvalue weighted by Gasteiger charge is -2.21. The van der Waals surface area contributed by atoms with E-state index in [1.165, 1.54) is 32.1 Å². The van der Waals surface area contributed by atoms with Gasteiger partial charge in [-0.3, -0.25) is 9.48 Å². The predicted octanol–water partition coefficient (Wildman–Crippen LogP) is 3.44. The van der Waals surface area contributed by atoms with Gasteiger partial charge in [0.2, 0.25) is 0 Å². The van der Waals surface area contributed by atoms with Gasteiger partial charge in [-0.1, -0.05) is 19.3 Å². The van der Waals surface area contributed by atoms with Crippen molar-refractivity contribution in [2.24, 2.45) is 0 Å². The zero-order valence-corrected chi connectivity index (χ0v) is 12.0. The number of aromatic nitrogens is 3. The Kier molecular flexibility index (Phi) is 3.72. The normalized spacial score (nSPS) is 16.4. The monoisotopic (exact) mass is 271 g/mol. The third-order valence-electron chi connectivity index (χ3n) is 4.13. The summed E-state index contributed by atoms with van der Waals surface area (Å²) in [6.45, 7) is 2.27. The standard InChI is InChI=1S/C16H21N3O/c1-13(20)16-8-5-10-18(16)12-14-9-11-19(17-14)15-6-3-2-4-7-15/h5,8-11,15H,2-4,6-7,12H2,1H3. The average molecular weight is 271 g/mol. The molecule has 3 rings (SSSR count). The maximum absolute atomic E-state index is 11.5. The largest absolute Gasteiger partial charge is 0.339 e. The van der Waals surface area contributed by atoms with Crippen molar-refractivity contribution in [3.05, 3.63) is 42.0 Å². The number of hydrogen-bond acceptors (Lipinski definition) is 2. The molecular weight excluding hydrogens is 250 g/mol. The molecule has 1 fully saturated rings. The lowest BCUT2D eigenvalue weighted by molar-refractivity contribution is 0.100. The maximum Gasteiger partial charge on any atom is 0.176 e. The zero-order valence-electron chi connectivity index (χ0n) is 12.0. The zero-order chi connectivity index (χ0) is 13.9. The lowest BCUT2D eigenvalue weighted by atomic mass is 9.96. The number of nitrogens with zero attached hydrogens (tertiary/aromatic N) is 3. The number of Topliss-reactive ketones (excluding diaryl/α,β-unsaturated/α-hetero) is 1. The van der Waals surface area contributed by atoms with E-state index in [-0.39, 0.29) is 5.78 Å². The van der Waals surface area contributed by atoms with E-state index < -0.39 is 0 Å². The first-order chi connectivity index (χ1) is 9.74. The molecule has 0 bridgehead atoms. The lowest BCUT2D eigenvalue weighted by Crippen LogP contribution is -2.14. The highest BCUT2D eigenvalue weighted by Gasteiger charge is 2.16. The number of rotatable bonds is 4. The van der Waals surface area contributed by atoms with E-state index in [4.69, 9.17) is 5.10 Å². The molecule has 0 radical (unpaired) electrons. The van der Waals surface area contributed by atoms with Crippen molar-refractivity contribution >= 4 is 5.78 Å². The van der Waals surface area contributed by atoms with Crippen molar-refractivity contribution < 1.29 is 4.79 Å². The summed E-state index contributed by atoms with van der Waals surface area (Å²) in [5.74, 6) is 0.0988. The molecule has 1 saturated carbocycles. The molecule has 0 saturated heterocycles. The van der Waals surface area contributed by atoms with Gasteiger partial charge in [-0.2, -0.15) is 5.10 Å². The van der Waals surface area contributed by atoms with Gasteiger partial charge < -0.3 is 4.57 Å². The third kappa shape index (κ3) is 2.69. The van der Waals surface area contributed by atoms with Crippen molar-refractivity contribution in [2.45, 2.75) is 51.6 Å². The summed E-state index contributed by atoms with van der Waals surface area (Å²) >= 11 is 0. The Labute approximate surface area is 119 Å². The summed E-state index contributed by atoms with van der Waals surface area (Å²) in [4.78, 5) is 11.5. The molecule has 1 aliphatic carbocycles. The average Bonchev–Trinajstić information content (AvgIpc) is 3.09. The molecule has 20 heavy (non-hydrogen) atoms. The van der Waals surface area contributed by atoms with Crippen LogP contribution in [0.3, 0.4) is 0 Å². The van der Waals surface area contributed by atoms with Gasteiger partial charge in [0.1, 0.15) is 0 Å². The number of hydrogen-bond donors (Lipinski definition) is 0. The van der Waals surface area contributed by atoms with Crippen molar-refractivity contribution in [2.75, 3.05) is 0 Å². The molecule has 0 aromatic carbocycles. The van der Waals surface area contributed by atoms with Gasteiger partial charge in [0.15, 0.2) is 5.78 Å². The molecule has 2 aromatic rings. The van der Waals surface area contributed by atoms with E-state index >= 15 is 0 Å². The first-order valence-corrected chi connectivity index (χ1v) is 7.44. The Morgan fingerprint density at radius 1 is 1.25 bits per heavy atom. The molecule has 106 valence electrons. The molecule has 0 aliphatic heterocycles. The quantitative estimate of drug-likeness (QED) is 0.799. The summed E-state index contributed by atoms with van der Waals surface area (Å²) in [5.41, 5.74) is 1.77. The van der Waals surface area contributed by atoms with Crippen LogP contribution in [0.1, 0.15) is 61.3 Å². The Morgan fingerprint density at radius 3 is 2.80 bits per heavy atom. The van der Waals surface area contributed by atoms with Gasteiger partial charge in [-0.15, -0.1) is 0 Å². The van der Waals surface area contributed by atoms with Crippen LogP contribution in [0.4, 0.5) is 0 Å². The smallest absolute Gasteiger partial charge is 0.176 e. The summed E-state index contributed by atoms with van der Waals surface area (Å²) in [6.07, 6.45) is 10.5. The summed E-state index contributed by atoms with van der Waals surface area (Å²) < 4.78 is 4.08. The minimum atomic E-state index is 0.0988. The van der Waals surface area contributed by atoms with Crippen LogP contribution in [0.25, 0.3) is 0 Å². The highest BCUT2D eigenvalue weighted by Crippen LogP contribution is 2.27. The van der Waals surface area contributed by atoms with Crippen LogP contribution in [-0.2, 0) is 6.54 Å². The molecule has 0 spiro atoms. The number of carbonyl (C=O) groups is 1. The van der Waals surface area contributed by atoms with Crippen LogP contribution in [0.15, 0.2) is 30.6 Å². The highest BCUT2D eigenvalue weighted by atomic mass is 16.1. The predicted molar refractivity (Wildman–Crippen MR) is 77.9 cm³/mol. The second-order valence-electron chi connectivity index (χ2n) is 5.66. The van der Waals surface area contributed by atoms with Gasteiger partial charge >= 0.3 is 0 Å². The summed E-state index contributed by atoms with van der Waals surface area (Å²) in [5, 5.41) is 4.69. The SMILES string of the molecule is CC(=O)c1cccn1Cc1ccn(C2CCCCC2)n1. The Balaban J connectivity index is 1.73. The van der Waals surface area contributed by atoms with Gasteiger partial charge in [0.05, 0.1) is 24.0 Å². The van der Waals surface area contributed by atoms with Crippen molar-refractivity contribution in [1.29, 1.82) is 0 Å². The summed E-state index contributed by atoms with van der Waals surface area (Å²) in [7, 11) is 0. The Hall–Kier alpha value is -1.84. The van der Waals surface area contributed by atoms with Crippen molar-refractivity contribution in [3.63, 3.8) is 0 Å². The van der Waals surface area contributed by atoms with Crippen molar-refractivity contribution in [3.8, 4) is 0 Å². The van der Waals surface area contributed by atoms with Crippen LogP contribution >= 0.6 is 0 Å². The molecule has 0 atom stereocenters. The molecule has 0 amide bonds. The first-order valence-electron chi connectivity index (χ1n) is 7.44. The molecule has 2 heterocycles.